The van der Waals surface area contributed by atoms with Crippen molar-refractivity contribution in [2.45, 2.75) is 53.1 Å². The summed E-state index contributed by atoms with van der Waals surface area (Å²) in [5.74, 6) is 0.622. The van der Waals surface area contributed by atoms with Crippen LogP contribution in [0.1, 0.15) is 47.0 Å². The second-order valence-electron chi connectivity index (χ2n) is 5.71. The van der Waals surface area contributed by atoms with Gasteiger partial charge in [0.15, 0.2) is 0 Å². The van der Waals surface area contributed by atoms with Crippen LogP contribution < -0.4 is 0 Å². The summed E-state index contributed by atoms with van der Waals surface area (Å²) in [6, 6.07) is 0. The minimum atomic E-state index is -0.125. The van der Waals surface area contributed by atoms with E-state index in [4.69, 9.17) is 4.74 Å². The summed E-state index contributed by atoms with van der Waals surface area (Å²) in [6.45, 7) is 8.46. The molecule has 2 bridgehead atoms. The van der Waals surface area contributed by atoms with Gasteiger partial charge in [-0.3, -0.25) is 4.79 Å². The van der Waals surface area contributed by atoms with Gasteiger partial charge in [-0.25, -0.2) is 0 Å². The lowest BCUT2D eigenvalue weighted by Gasteiger charge is -2.38. The molecule has 2 saturated carbocycles. The smallest absolute Gasteiger partial charge is 0.302 e. The summed E-state index contributed by atoms with van der Waals surface area (Å²) in [7, 11) is 0. The first-order valence-electron chi connectivity index (χ1n) is 5.55. The molecule has 0 radical (unpaired) electrons. The molecule has 0 heterocycles. The first-order valence-corrected chi connectivity index (χ1v) is 5.55. The zero-order valence-electron chi connectivity index (χ0n) is 9.59. The summed E-state index contributed by atoms with van der Waals surface area (Å²) < 4.78 is 5.44. The van der Waals surface area contributed by atoms with Gasteiger partial charge in [0.1, 0.15) is 6.10 Å². The van der Waals surface area contributed by atoms with Crippen molar-refractivity contribution in [3.63, 3.8) is 0 Å². The van der Waals surface area contributed by atoms with Crippen LogP contribution in [0.4, 0.5) is 0 Å². The van der Waals surface area contributed by atoms with Crippen molar-refractivity contribution < 1.29 is 9.53 Å². The van der Waals surface area contributed by atoms with Gasteiger partial charge < -0.3 is 4.74 Å². The molecule has 0 aliphatic heterocycles. The van der Waals surface area contributed by atoms with Crippen molar-refractivity contribution in [1.29, 1.82) is 0 Å². The second-order valence-corrected chi connectivity index (χ2v) is 5.71. The van der Waals surface area contributed by atoms with Gasteiger partial charge in [-0.2, -0.15) is 0 Å². The molecule has 0 aromatic heterocycles. The van der Waals surface area contributed by atoms with Crippen molar-refractivity contribution in [3.8, 4) is 0 Å². The molecular weight excluding hydrogens is 176 g/mol. The average molecular weight is 196 g/mol. The number of fused-ring (bicyclic) bond motifs is 2. The maximum atomic E-state index is 11.0. The molecule has 0 saturated heterocycles. The van der Waals surface area contributed by atoms with E-state index < -0.39 is 0 Å². The lowest BCUT2D eigenvalue weighted by molar-refractivity contribution is -0.154. The van der Waals surface area contributed by atoms with E-state index in [9.17, 15) is 4.79 Å². The fourth-order valence-electron chi connectivity index (χ4n) is 3.51. The molecule has 0 aromatic carbocycles. The Balaban J connectivity index is 2.23. The van der Waals surface area contributed by atoms with Crippen LogP contribution in [-0.2, 0) is 9.53 Å². The predicted molar refractivity (Wildman–Crippen MR) is 54.8 cm³/mol. The Hall–Kier alpha value is -0.530. The predicted octanol–water partition coefficient (Wildman–Crippen LogP) is 2.76. The van der Waals surface area contributed by atoms with Gasteiger partial charge in [-0.15, -0.1) is 0 Å². The molecule has 80 valence electrons. The van der Waals surface area contributed by atoms with E-state index in [1.54, 1.807) is 0 Å². The van der Waals surface area contributed by atoms with Crippen molar-refractivity contribution in [2.75, 3.05) is 0 Å². The third kappa shape index (κ3) is 1.06. The average Bonchev–Trinajstić information content (AvgIpc) is 2.35. The van der Waals surface area contributed by atoms with Crippen LogP contribution in [0.5, 0.6) is 0 Å². The van der Waals surface area contributed by atoms with Crippen molar-refractivity contribution in [1.82, 2.24) is 0 Å². The molecule has 2 rings (SSSR count). The topological polar surface area (TPSA) is 26.3 Å². The van der Waals surface area contributed by atoms with Gasteiger partial charge >= 0.3 is 5.97 Å². The minimum Gasteiger partial charge on any atom is -0.462 e. The van der Waals surface area contributed by atoms with E-state index in [1.165, 1.54) is 19.8 Å². The number of esters is 1. The van der Waals surface area contributed by atoms with E-state index >= 15 is 0 Å². The molecule has 2 fully saturated rings. The molecule has 2 aliphatic carbocycles. The maximum Gasteiger partial charge on any atom is 0.302 e. The van der Waals surface area contributed by atoms with Crippen LogP contribution in [0.3, 0.4) is 0 Å². The molecular formula is C12H20O2. The zero-order chi connectivity index (χ0) is 10.6. The fraction of sp³-hybridized carbons (Fsp3) is 0.917. The lowest BCUT2D eigenvalue weighted by atomic mass is 9.70. The number of ether oxygens (including phenoxy) is 1. The molecule has 2 nitrogen and oxygen atoms in total. The number of hydrogen-bond acceptors (Lipinski definition) is 2. The first-order chi connectivity index (χ1) is 6.38. The van der Waals surface area contributed by atoms with Gasteiger partial charge in [0.05, 0.1) is 0 Å². The van der Waals surface area contributed by atoms with E-state index in [-0.39, 0.29) is 17.5 Å². The minimum absolute atomic E-state index is 0.125. The largest absolute Gasteiger partial charge is 0.462 e. The lowest BCUT2D eigenvalue weighted by Crippen LogP contribution is -2.37. The molecule has 3 atom stereocenters. The Bertz CT molecular complexity index is 269. The molecule has 0 aromatic rings. The maximum absolute atomic E-state index is 11.0. The quantitative estimate of drug-likeness (QED) is 0.603. The summed E-state index contributed by atoms with van der Waals surface area (Å²) in [6.07, 6.45) is 3.75. The number of carbonyl (C=O) groups excluding carboxylic acids is 1. The molecule has 0 spiro atoms. The summed E-state index contributed by atoms with van der Waals surface area (Å²) in [5.41, 5.74) is 0.552. The molecule has 2 aliphatic rings. The van der Waals surface area contributed by atoms with Crippen LogP contribution in [0, 0.1) is 16.7 Å². The van der Waals surface area contributed by atoms with E-state index in [1.807, 2.05) is 0 Å². The van der Waals surface area contributed by atoms with E-state index in [2.05, 4.69) is 20.8 Å². The molecule has 0 N–H and O–H groups in total. The normalized spacial score (nSPS) is 44.0. The van der Waals surface area contributed by atoms with Gasteiger partial charge in [-0.05, 0) is 30.6 Å². The molecule has 0 amide bonds. The van der Waals surface area contributed by atoms with Crippen LogP contribution in [0.15, 0.2) is 0 Å². The van der Waals surface area contributed by atoms with Crippen LogP contribution in [0.25, 0.3) is 0 Å². The molecule has 14 heavy (non-hydrogen) atoms. The van der Waals surface area contributed by atoms with Crippen LogP contribution in [0.2, 0.25) is 0 Å². The third-order valence-corrected chi connectivity index (χ3v) is 5.02. The zero-order valence-corrected chi connectivity index (χ0v) is 9.59. The number of carbonyl (C=O) groups is 1. The summed E-state index contributed by atoms with van der Waals surface area (Å²) in [4.78, 5) is 11.0. The Labute approximate surface area is 86.0 Å². The summed E-state index contributed by atoms with van der Waals surface area (Å²) in [5, 5.41) is 0. The Morgan fingerprint density at radius 1 is 1.36 bits per heavy atom. The highest BCUT2D eigenvalue weighted by atomic mass is 16.5. The standard InChI is InChI=1S/C12H20O2/c1-8(13)14-10-7-9-5-6-12(10,4)11(9,2)3/h9-10H,5-7H2,1-4H3/t9?,10-,12?/m0/s1. The van der Waals surface area contributed by atoms with Gasteiger partial charge in [0.2, 0.25) is 0 Å². The van der Waals surface area contributed by atoms with Crippen LogP contribution in [-0.4, -0.2) is 12.1 Å². The highest BCUT2D eigenvalue weighted by Crippen LogP contribution is 2.66. The van der Waals surface area contributed by atoms with Crippen molar-refractivity contribution in [3.05, 3.63) is 0 Å². The van der Waals surface area contributed by atoms with Crippen molar-refractivity contribution in [2.24, 2.45) is 16.7 Å². The van der Waals surface area contributed by atoms with Gasteiger partial charge in [0.25, 0.3) is 0 Å². The number of rotatable bonds is 1. The third-order valence-electron chi connectivity index (χ3n) is 5.02. The van der Waals surface area contributed by atoms with Gasteiger partial charge in [0, 0.05) is 12.3 Å². The SMILES string of the molecule is CC(=O)O[C@H]1CC2CCC1(C)C2(C)C. The monoisotopic (exact) mass is 196 g/mol. The summed E-state index contributed by atoms with van der Waals surface area (Å²) >= 11 is 0. The fourth-order valence-corrected chi connectivity index (χ4v) is 3.51. The highest BCUT2D eigenvalue weighted by Gasteiger charge is 2.62. The Kier molecular flexibility index (Phi) is 1.96. The van der Waals surface area contributed by atoms with Crippen molar-refractivity contribution >= 4 is 5.97 Å². The van der Waals surface area contributed by atoms with E-state index in [0.717, 1.165) is 12.3 Å². The highest BCUT2D eigenvalue weighted by molar-refractivity contribution is 5.66. The Morgan fingerprint density at radius 3 is 2.36 bits per heavy atom. The molecule has 2 unspecified atom stereocenters. The molecule has 2 heteroatoms. The number of hydrogen-bond donors (Lipinski definition) is 0. The first kappa shape index (κ1) is 10.0. The Morgan fingerprint density at radius 2 is 2.00 bits per heavy atom. The van der Waals surface area contributed by atoms with Gasteiger partial charge in [-0.1, -0.05) is 20.8 Å². The van der Waals surface area contributed by atoms with E-state index in [0.29, 0.717) is 5.41 Å². The second kappa shape index (κ2) is 2.74. The van der Waals surface area contributed by atoms with Crippen LogP contribution >= 0.6 is 0 Å².